The van der Waals surface area contributed by atoms with E-state index in [1.165, 1.54) is 0 Å². The fourth-order valence-electron chi connectivity index (χ4n) is 2.40. The summed E-state index contributed by atoms with van der Waals surface area (Å²) in [5, 5.41) is 4.22. The van der Waals surface area contributed by atoms with Crippen molar-refractivity contribution >= 4 is 5.78 Å². The first kappa shape index (κ1) is 11.3. The van der Waals surface area contributed by atoms with Crippen molar-refractivity contribution in [2.45, 2.75) is 52.0 Å². The van der Waals surface area contributed by atoms with Gasteiger partial charge in [-0.1, -0.05) is 0 Å². The van der Waals surface area contributed by atoms with E-state index in [9.17, 15) is 4.79 Å². The first-order valence-electron chi connectivity index (χ1n) is 6.07. The van der Waals surface area contributed by atoms with E-state index in [1.807, 2.05) is 4.68 Å². The van der Waals surface area contributed by atoms with Crippen LogP contribution in [-0.4, -0.2) is 20.5 Å². The molecule has 0 N–H and O–H groups in total. The largest absolute Gasteiger partial charge is 0.300 e. The quantitative estimate of drug-likeness (QED) is 0.785. The van der Waals surface area contributed by atoms with Gasteiger partial charge in [0.1, 0.15) is 17.9 Å². The molecule has 1 aromatic rings. The predicted octanol–water partition coefficient (Wildman–Crippen LogP) is 2.16. The summed E-state index contributed by atoms with van der Waals surface area (Å²) >= 11 is 0. The summed E-state index contributed by atoms with van der Waals surface area (Å²) in [6, 6.07) is 0.344. The molecule has 0 radical (unpaired) electrons. The van der Waals surface area contributed by atoms with Gasteiger partial charge in [-0.15, -0.1) is 0 Å². The van der Waals surface area contributed by atoms with Crippen LogP contribution in [0, 0.1) is 5.92 Å². The minimum Gasteiger partial charge on any atom is -0.300 e. The summed E-state index contributed by atoms with van der Waals surface area (Å²) in [6.45, 7) is 4.20. The maximum Gasteiger partial charge on any atom is 0.138 e. The second-order valence-corrected chi connectivity index (χ2v) is 4.92. The van der Waals surface area contributed by atoms with Crippen LogP contribution in [0.2, 0.25) is 0 Å². The summed E-state index contributed by atoms with van der Waals surface area (Å²) < 4.78 is 1.96. The third kappa shape index (κ3) is 2.49. The van der Waals surface area contributed by atoms with E-state index < -0.39 is 0 Å². The Bertz CT molecular complexity index is 370. The molecule has 4 nitrogen and oxygen atoms in total. The molecule has 88 valence electrons. The first-order chi connectivity index (χ1) is 7.66. The molecule has 0 saturated heterocycles. The zero-order valence-electron chi connectivity index (χ0n) is 10.0. The van der Waals surface area contributed by atoms with Crippen LogP contribution in [-0.2, 0) is 11.2 Å². The van der Waals surface area contributed by atoms with E-state index in [2.05, 4.69) is 23.9 Å². The lowest BCUT2D eigenvalue weighted by molar-refractivity contribution is -0.121. The highest BCUT2D eigenvalue weighted by atomic mass is 16.1. The fourth-order valence-corrected chi connectivity index (χ4v) is 2.40. The molecule has 2 rings (SSSR count). The Morgan fingerprint density at radius 2 is 2.38 bits per heavy atom. The Hall–Kier alpha value is -1.19. The highest BCUT2D eigenvalue weighted by Crippen LogP contribution is 2.24. The van der Waals surface area contributed by atoms with Crippen LogP contribution in [0.4, 0.5) is 0 Å². The maximum absolute atomic E-state index is 11.4. The monoisotopic (exact) mass is 221 g/mol. The van der Waals surface area contributed by atoms with Gasteiger partial charge < -0.3 is 0 Å². The van der Waals surface area contributed by atoms with Crippen LogP contribution in [0.15, 0.2) is 6.33 Å². The lowest BCUT2D eigenvalue weighted by Gasteiger charge is -2.20. The molecule has 0 spiro atoms. The molecular weight excluding hydrogens is 202 g/mol. The Balaban J connectivity index is 2.02. The van der Waals surface area contributed by atoms with E-state index in [1.54, 1.807) is 6.33 Å². The summed E-state index contributed by atoms with van der Waals surface area (Å²) in [5.41, 5.74) is 0. The predicted molar refractivity (Wildman–Crippen MR) is 61.1 cm³/mol. The Morgan fingerprint density at radius 1 is 1.56 bits per heavy atom. The molecule has 16 heavy (non-hydrogen) atoms. The summed E-state index contributed by atoms with van der Waals surface area (Å²) in [6.07, 6.45) is 6.19. The van der Waals surface area contributed by atoms with Crippen molar-refractivity contribution in [1.29, 1.82) is 0 Å². The Kier molecular flexibility index (Phi) is 3.36. The van der Waals surface area contributed by atoms with Crippen molar-refractivity contribution in [1.82, 2.24) is 14.8 Å². The normalized spacial score (nSPS) is 21.7. The van der Waals surface area contributed by atoms with Crippen molar-refractivity contribution < 1.29 is 4.79 Å². The average molecular weight is 221 g/mol. The minimum absolute atomic E-state index is 0.344. The maximum atomic E-state index is 11.4. The van der Waals surface area contributed by atoms with Crippen LogP contribution in [0.5, 0.6) is 0 Å². The molecule has 0 amide bonds. The number of carbonyl (C=O) groups is 1. The SMILES string of the molecule is CC(C)n1ncnc1CC1CCCC(=O)C1. The molecule has 1 atom stereocenters. The Labute approximate surface area is 96.1 Å². The lowest BCUT2D eigenvalue weighted by atomic mass is 9.86. The molecule has 1 saturated carbocycles. The molecule has 0 bridgehead atoms. The van der Waals surface area contributed by atoms with Gasteiger partial charge in [0.05, 0.1) is 0 Å². The molecule has 1 heterocycles. The number of hydrogen-bond donors (Lipinski definition) is 0. The van der Waals surface area contributed by atoms with Gasteiger partial charge in [-0.25, -0.2) is 9.67 Å². The number of ketones is 1. The van der Waals surface area contributed by atoms with Crippen LogP contribution in [0.1, 0.15) is 51.4 Å². The molecule has 0 aliphatic heterocycles. The molecule has 1 aliphatic rings. The number of Topliss-reactive ketones (excluding diaryl/α,β-unsaturated/α-hetero) is 1. The highest BCUT2D eigenvalue weighted by molar-refractivity contribution is 5.79. The van der Waals surface area contributed by atoms with E-state index in [0.29, 0.717) is 17.7 Å². The topological polar surface area (TPSA) is 47.8 Å². The summed E-state index contributed by atoms with van der Waals surface area (Å²) in [7, 11) is 0. The third-order valence-electron chi connectivity index (χ3n) is 3.19. The van der Waals surface area contributed by atoms with Crippen molar-refractivity contribution in [3.05, 3.63) is 12.2 Å². The number of nitrogens with zero attached hydrogens (tertiary/aromatic N) is 3. The molecule has 1 aliphatic carbocycles. The van der Waals surface area contributed by atoms with Gasteiger partial charge in [0.15, 0.2) is 0 Å². The smallest absolute Gasteiger partial charge is 0.138 e. The van der Waals surface area contributed by atoms with Crippen LogP contribution >= 0.6 is 0 Å². The van der Waals surface area contributed by atoms with Gasteiger partial charge in [0, 0.05) is 25.3 Å². The summed E-state index contributed by atoms with van der Waals surface area (Å²) in [4.78, 5) is 15.7. The van der Waals surface area contributed by atoms with E-state index >= 15 is 0 Å². The van der Waals surface area contributed by atoms with Gasteiger partial charge in [0.25, 0.3) is 0 Å². The van der Waals surface area contributed by atoms with E-state index in [0.717, 1.165) is 37.9 Å². The van der Waals surface area contributed by atoms with Crippen LogP contribution in [0.25, 0.3) is 0 Å². The number of rotatable bonds is 3. The molecule has 4 heteroatoms. The van der Waals surface area contributed by atoms with Gasteiger partial charge in [-0.3, -0.25) is 4.79 Å². The van der Waals surface area contributed by atoms with Crippen LogP contribution in [0.3, 0.4) is 0 Å². The van der Waals surface area contributed by atoms with Gasteiger partial charge >= 0.3 is 0 Å². The van der Waals surface area contributed by atoms with Crippen LogP contribution < -0.4 is 0 Å². The number of hydrogen-bond acceptors (Lipinski definition) is 3. The molecule has 1 aromatic heterocycles. The number of carbonyl (C=O) groups excluding carboxylic acids is 1. The van der Waals surface area contributed by atoms with Gasteiger partial charge in [-0.05, 0) is 32.6 Å². The zero-order chi connectivity index (χ0) is 11.5. The second kappa shape index (κ2) is 4.76. The van der Waals surface area contributed by atoms with Gasteiger partial charge in [0.2, 0.25) is 0 Å². The molecule has 1 fully saturated rings. The van der Waals surface area contributed by atoms with Crippen molar-refractivity contribution in [2.24, 2.45) is 5.92 Å². The second-order valence-electron chi connectivity index (χ2n) is 4.92. The minimum atomic E-state index is 0.344. The van der Waals surface area contributed by atoms with Gasteiger partial charge in [-0.2, -0.15) is 5.10 Å². The highest BCUT2D eigenvalue weighted by Gasteiger charge is 2.21. The van der Waals surface area contributed by atoms with Crippen molar-refractivity contribution in [3.8, 4) is 0 Å². The fraction of sp³-hybridized carbons (Fsp3) is 0.750. The van der Waals surface area contributed by atoms with E-state index in [-0.39, 0.29) is 0 Å². The average Bonchev–Trinajstić information content (AvgIpc) is 2.66. The zero-order valence-corrected chi connectivity index (χ0v) is 10.0. The molecule has 1 unspecified atom stereocenters. The standard InChI is InChI=1S/C12H19N3O/c1-9(2)15-12(13-8-14-15)7-10-4-3-5-11(16)6-10/h8-10H,3-7H2,1-2H3. The van der Waals surface area contributed by atoms with Crippen molar-refractivity contribution in [3.63, 3.8) is 0 Å². The Morgan fingerprint density at radius 3 is 3.06 bits per heavy atom. The first-order valence-corrected chi connectivity index (χ1v) is 6.07. The number of aromatic nitrogens is 3. The molecule has 0 aromatic carbocycles. The molecular formula is C12H19N3O. The van der Waals surface area contributed by atoms with Crippen molar-refractivity contribution in [2.75, 3.05) is 0 Å². The van der Waals surface area contributed by atoms with E-state index in [4.69, 9.17) is 0 Å². The lowest BCUT2D eigenvalue weighted by Crippen LogP contribution is -2.19. The third-order valence-corrected chi connectivity index (χ3v) is 3.19. The summed E-state index contributed by atoms with van der Waals surface area (Å²) in [5.74, 6) is 1.91.